The summed E-state index contributed by atoms with van der Waals surface area (Å²) in [5.74, 6) is -0.486. The summed E-state index contributed by atoms with van der Waals surface area (Å²) < 4.78 is 10.9. The van der Waals surface area contributed by atoms with Crippen molar-refractivity contribution in [3.05, 3.63) is 93.5 Å². The fraction of sp³-hybridized carbons (Fsp3) is 0.130. The van der Waals surface area contributed by atoms with Gasteiger partial charge in [0.25, 0.3) is 0 Å². The number of carbonyl (C=O) groups is 2. The Bertz CT molecular complexity index is 1060. The minimum atomic E-state index is -0.701. The van der Waals surface area contributed by atoms with E-state index in [0.717, 1.165) is 5.56 Å². The second kappa shape index (κ2) is 9.12. The van der Waals surface area contributed by atoms with Gasteiger partial charge in [0, 0.05) is 6.07 Å². The van der Waals surface area contributed by atoms with Gasteiger partial charge in [-0.1, -0.05) is 67.4 Å². The van der Waals surface area contributed by atoms with E-state index in [1.54, 1.807) is 24.3 Å². The molecule has 0 fully saturated rings. The summed E-state index contributed by atoms with van der Waals surface area (Å²) in [7, 11) is 0. The molecular formula is C23H18Cl2O4. The second-order valence-electron chi connectivity index (χ2n) is 6.59. The first kappa shape index (κ1) is 20.9. The number of esters is 2. The molecule has 3 rings (SSSR count). The highest BCUT2D eigenvalue weighted by Crippen LogP contribution is 2.28. The normalized spacial score (nSPS) is 10.7. The highest BCUT2D eigenvalue weighted by Gasteiger charge is 2.21. The monoisotopic (exact) mass is 428 g/mol. The zero-order valence-corrected chi connectivity index (χ0v) is 17.3. The molecule has 6 heteroatoms. The van der Waals surface area contributed by atoms with Gasteiger partial charge < -0.3 is 9.47 Å². The van der Waals surface area contributed by atoms with Crippen molar-refractivity contribution < 1.29 is 19.1 Å². The SMILES string of the molecule is CC(C)c1ccccc1OC(=O)c1ccccc1C(=O)Oc1ccc(Cl)c(Cl)c1. The third-order valence-electron chi connectivity index (χ3n) is 4.21. The van der Waals surface area contributed by atoms with Crippen molar-refractivity contribution in [2.75, 3.05) is 0 Å². The first-order valence-corrected chi connectivity index (χ1v) is 9.69. The average Bonchev–Trinajstić information content (AvgIpc) is 2.71. The van der Waals surface area contributed by atoms with E-state index in [1.807, 2.05) is 26.0 Å². The zero-order valence-electron chi connectivity index (χ0n) is 15.8. The van der Waals surface area contributed by atoms with Crippen LogP contribution in [0.25, 0.3) is 0 Å². The van der Waals surface area contributed by atoms with Gasteiger partial charge in [0.2, 0.25) is 0 Å². The van der Waals surface area contributed by atoms with Gasteiger partial charge in [-0.25, -0.2) is 9.59 Å². The van der Waals surface area contributed by atoms with E-state index in [9.17, 15) is 9.59 Å². The lowest BCUT2D eigenvalue weighted by Crippen LogP contribution is -2.18. The highest BCUT2D eigenvalue weighted by atomic mass is 35.5. The number of hydrogen-bond acceptors (Lipinski definition) is 4. The molecule has 0 spiro atoms. The number of hydrogen-bond donors (Lipinski definition) is 0. The maximum Gasteiger partial charge on any atom is 0.344 e. The molecule has 0 unspecified atom stereocenters. The van der Waals surface area contributed by atoms with E-state index in [-0.39, 0.29) is 27.8 Å². The van der Waals surface area contributed by atoms with Crippen molar-refractivity contribution in [3.63, 3.8) is 0 Å². The molecule has 0 saturated carbocycles. The Balaban J connectivity index is 1.85. The minimum absolute atomic E-state index is 0.0885. The molecule has 0 aromatic heterocycles. The van der Waals surface area contributed by atoms with E-state index in [4.69, 9.17) is 32.7 Å². The van der Waals surface area contributed by atoms with Crippen LogP contribution in [0, 0.1) is 0 Å². The Kier molecular flexibility index (Phi) is 6.57. The van der Waals surface area contributed by atoms with Crippen LogP contribution in [0.4, 0.5) is 0 Å². The molecule has 0 amide bonds. The van der Waals surface area contributed by atoms with Crippen LogP contribution in [-0.4, -0.2) is 11.9 Å². The van der Waals surface area contributed by atoms with E-state index in [1.165, 1.54) is 30.3 Å². The molecule has 0 aliphatic rings. The predicted molar refractivity (Wildman–Crippen MR) is 113 cm³/mol. The Morgan fingerprint density at radius 1 is 0.759 bits per heavy atom. The summed E-state index contributed by atoms with van der Waals surface area (Å²) in [6, 6.07) is 18.1. The molecule has 0 aliphatic carbocycles. The van der Waals surface area contributed by atoms with Gasteiger partial charge in [-0.3, -0.25) is 0 Å². The van der Waals surface area contributed by atoms with E-state index in [0.29, 0.717) is 10.8 Å². The molecule has 4 nitrogen and oxygen atoms in total. The Morgan fingerprint density at radius 2 is 1.34 bits per heavy atom. The summed E-state index contributed by atoms with van der Waals surface area (Å²) in [6.45, 7) is 4.02. The molecular weight excluding hydrogens is 411 g/mol. The highest BCUT2D eigenvalue weighted by molar-refractivity contribution is 6.42. The maximum atomic E-state index is 12.8. The molecule has 0 saturated heterocycles. The van der Waals surface area contributed by atoms with Crippen LogP contribution >= 0.6 is 23.2 Å². The maximum absolute atomic E-state index is 12.8. The van der Waals surface area contributed by atoms with Crippen LogP contribution in [0.2, 0.25) is 10.0 Å². The minimum Gasteiger partial charge on any atom is -0.423 e. The second-order valence-corrected chi connectivity index (χ2v) is 7.41. The third-order valence-corrected chi connectivity index (χ3v) is 4.95. The van der Waals surface area contributed by atoms with Crippen LogP contribution in [-0.2, 0) is 0 Å². The van der Waals surface area contributed by atoms with Crippen molar-refractivity contribution in [3.8, 4) is 11.5 Å². The smallest absolute Gasteiger partial charge is 0.344 e. The van der Waals surface area contributed by atoms with Crippen molar-refractivity contribution in [1.29, 1.82) is 0 Å². The first-order valence-electron chi connectivity index (χ1n) is 8.94. The van der Waals surface area contributed by atoms with Crippen LogP contribution < -0.4 is 9.47 Å². The number of ether oxygens (including phenoxy) is 2. The third kappa shape index (κ3) is 4.97. The van der Waals surface area contributed by atoms with Gasteiger partial charge in [-0.05, 0) is 41.8 Å². The lowest BCUT2D eigenvalue weighted by molar-refractivity contribution is 0.0691. The van der Waals surface area contributed by atoms with E-state index >= 15 is 0 Å². The number of carbonyl (C=O) groups excluding carboxylic acids is 2. The molecule has 0 aliphatic heterocycles. The molecule has 0 bridgehead atoms. The molecule has 0 heterocycles. The lowest BCUT2D eigenvalue weighted by Gasteiger charge is -2.14. The number of para-hydroxylation sites is 1. The topological polar surface area (TPSA) is 52.6 Å². The van der Waals surface area contributed by atoms with Crippen molar-refractivity contribution in [1.82, 2.24) is 0 Å². The van der Waals surface area contributed by atoms with Crippen LogP contribution in [0.5, 0.6) is 11.5 Å². The van der Waals surface area contributed by atoms with Crippen molar-refractivity contribution >= 4 is 35.1 Å². The summed E-state index contributed by atoms with van der Waals surface area (Å²) in [5, 5.41) is 0.606. The summed E-state index contributed by atoms with van der Waals surface area (Å²) in [5.41, 5.74) is 1.10. The van der Waals surface area contributed by atoms with Crippen LogP contribution in [0.1, 0.15) is 46.0 Å². The Labute approximate surface area is 179 Å². The van der Waals surface area contributed by atoms with Crippen LogP contribution in [0.3, 0.4) is 0 Å². The van der Waals surface area contributed by atoms with Gasteiger partial charge in [0.15, 0.2) is 0 Å². The van der Waals surface area contributed by atoms with Crippen molar-refractivity contribution in [2.24, 2.45) is 0 Å². The molecule has 0 atom stereocenters. The lowest BCUT2D eigenvalue weighted by atomic mass is 10.0. The quantitative estimate of drug-likeness (QED) is 0.341. The summed E-state index contributed by atoms with van der Waals surface area (Å²) in [4.78, 5) is 25.5. The molecule has 0 radical (unpaired) electrons. The number of halogens is 2. The largest absolute Gasteiger partial charge is 0.423 e. The van der Waals surface area contributed by atoms with Gasteiger partial charge in [0.05, 0.1) is 21.2 Å². The summed E-state index contributed by atoms with van der Waals surface area (Å²) in [6.07, 6.45) is 0. The summed E-state index contributed by atoms with van der Waals surface area (Å²) >= 11 is 11.8. The molecule has 29 heavy (non-hydrogen) atoms. The first-order chi connectivity index (χ1) is 13.9. The van der Waals surface area contributed by atoms with E-state index in [2.05, 4.69) is 0 Å². The molecule has 148 valence electrons. The van der Waals surface area contributed by atoms with Gasteiger partial charge in [-0.2, -0.15) is 0 Å². The van der Waals surface area contributed by atoms with Gasteiger partial charge >= 0.3 is 11.9 Å². The average molecular weight is 429 g/mol. The van der Waals surface area contributed by atoms with E-state index < -0.39 is 11.9 Å². The van der Waals surface area contributed by atoms with Crippen molar-refractivity contribution in [2.45, 2.75) is 19.8 Å². The molecule has 3 aromatic carbocycles. The van der Waals surface area contributed by atoms with Crippen LogP contribution in [0.15, 0.2) is 66.7 Å². The van der Waals surface area contributed by atoms with Gasteiger partial charge in [-0.15, -0.1) is 0 Å². The predicted octanol–water partition coefficient (Wildman–Crippen LogP) is 6.56. The molecule has 0 N–H and O–H groups in total. The Morgan fingerprint density at radius 3 is 1.97 bits per heavy atom. The molecule has 3 aromatic rings. The zero-order chi connectivity index (χ0) is 21.0. The standard InChI is InChI=1S/C23H18Cl2O4/c1-14(2)16-7-5-6-10-21(16)29-23(27)18-9-4-3-8-17(18)22(26)28-15-11-12-19(24)20(25)13-15/h3-14H,1-2H3. The fourth-order valence-corrected chi connectivity index (χ4v) is 3.03. The number of rotatable bonds is 5. The number of benzene rings is 3. The van der Waals surface area contributed by atoms with Gasteiger partial charge in [0.1, 0.15) is 11.5 Å². The fourth-order valence-electron chi connectivity index (χ4n) is 2.75. The Hall–Kier alpha value is -2.82.